The fourth-order valence-corrected chi connectivity index (χ4v) is 2.18. The zero-order valence-electron chi connectivity index (χ0n) is 9.35. The quantitative estimate of drug-likeness (QED) is 0.588. The lowest BCUT2D eigenvalue weighted by Gasteiger charge is -2.05. The van der Waals surface area contributed by atoms with Gasteiger partial charge in [0, 0.05) is 12.3 Å². The topological polar surface area (TPSA) is 12.0 Å². The molecular formula is C12H18FNS. The maximum atomic E-state index is 13.0. The van der Waals surface area contributed by atoms with Crippen LogP contribution < -0.4 is 4.72 Å². The first-order chi connectivity index (χ1) is 7.22. The van der Waals surface area contributed by atoms with E-state index in [9.17, 15) is 4.39 Å². The van der Waals surface area contributed by atoms with E-state index >= 15 is 0 Å². The zero-order chi connectivity index (χ0) is 11.1. The summed E-state index contributed by atoms with van der Waals surface area (Å²) < 4.78 is 16.3. The summed E-state index contributed by atoms with van der Waals surface area (Å²) in [4.78, 5) is 0. The van der Waals surface area contributed by atoms with Crippen LogP contribution in [0.25, 0.3) is 0 Å². The SMILES string of the molecule is CCCCSNCc1cc(C)cc(F)c1. The molecular weight excluding hydrogens is 209 g/mol. The molecule has 0 aliphatic carbocycles. The normalized spacial score (nSPS) is 10.6. The van der Waals surface area contributed by atoms with E-state index in [2.05, 4.69) is 11.6 Å². The van der Waals surface area contributed by atoms with Gasteiger partial charge in [0.1, 0.15) is 5.82 Å². The van der Waals surface area contributed by atoms with Crippen LogP contribution in [-0.2, 0) is 6.54 Å². The third-order valence-electron chi connectivity index (χ3n) is 2.08. The maximum absolute atomic E-state index is 13.0. The van der Waals surface area contributed by atoms with Gasteiger partial charge in [0.15, 0.2) is 0 Å². The summed E-state index contributed by atoms with van der Waals surface area (Å²) in [6, 6.07) is 5.14. The van der Waals surface area contributed by atoms with Gasteiger partial charge in [0.25, 0.3) is 0 Å². The summed E-state index contributed by atoms with van der Waals surface area (Å²) in [6.07, 6.45) is 2.44. The van der Waals surface area contributed by atoms with E-state index in [1.165, 1.54) is 12.8 Å². The van der Waals surface area contributed by atoms with Crippen molar-refractivity contribution >= 4 is 11.9 Å². The Morgan fingerprint density at radius 2 is 2.13 bits per heavy atom. The summed E-state index contributed by atoms with van der Waals surface area (Å²) in [5, 5.41) is 0. The van der Waals surface area contributed by atoms with Gasteiger partial charge in [-0.2, -0.15) is 0 Å². The van der Waals surface area contributed by atoms with Crippen molar-refractivity contribution in [2.45, 2.75) is 33.2 Å². The predicted molar refractivity (Wildman–Crippen MR) is 65.3 cm³/mol. The van der Waals surface area contributed by atoms with Gasteiger partial charge in [-0.05, 0) is 36.6 Å². The molecule has 0 radical (unpaired) electrons. The first-order valence-electron chi connectivity index (χ1n) is 5.33. The Balaban J connectivity index is 2.31. The van der Waals surface area contributed by atoms with Crippen molar-refractivity contribution in [2.75, 3.05) is 5.75 Å². The van der Waals surface area contributed by atoms with Gasteiger partial charge < -0.3 is 0 Å². The van der Waals surface area contributed by atoms with Gasteiger partial charge in [0.2, 0.25) is 0 Å². The third kappa shape index (κ3) is 5.19. The van der Waals surface area contributed by atoms with Crippen molar-refractivity contribution in [3.8, 4) is 0 Å². The summed E-state index contributed by atoms with van der Waals surface area (Å²) in [6.45, 7) is 4.82. The number of rotatable bonds is 6. The van der Waals surface area contributed by atoms with Crippen LogP contribution in [0.4, 0.5) is 4.39 Å². The molecule has 0 atom stereocenters. The molecule has 0 aliphatic rings. The minimum absolute atomic E-state index is 0.148. The highest BCUT2D eigenvalue weighted by Crippen LogP contribution is 2.09. The Morgan fingerprint density at radius 1 is 1.33 bits per heavy atom. The molecule has 0 saturated carbocycles. The molecule has 0 amide bonds. The Hall–Kier alpha value is -0.540. The fourth-order valence-electron chi connectivity index (χ4n) is 1.34. The molecule has 1 N–H and O–H groups in total. The lowest BCUT2D eigenvalue weighted by molar-refractivity contribution is 0.623. The molecule has 0 spiro atoms. The van der Waals surface area contributed by atoms with Crippen LogP contribution in [0.3, 0.4) is 0 Å². The molecule has 1 aromatic carbocycles. The highest BCUT2D eigenvalue weighted by molar-refractivity contribution is 7.97. The van der Waals surface area contributed by atoms with Gasteiger partial charge in [0.05, 0.1) is 0 Å². The van der Waals surface area contributed by atoms with Gasteiger partial charge in [-0.3, -0.25) is 4.72 Å². The Bertz CT molecular complexity index is 281. The Kier molecular flexibility index (Phi) is 5.73. The smallest absolute Gasteiger partial charge is 0.123 e. The van der Waals surface area contributed by atoms with Gasteiger partial charge in [-0.15, -0.1) is 0 Å². The van der Waals surface area contributed by atoms with E-state index in [0.717, 1.165) is 23.4 Å². The van der Waals surface area contributed by atoms with Crippen LogP contribution >= 0.6 is 11.9 Å². The van der Waals surface area contributed by atoms with Crippen molar-refractivity contribution < 1.29 is 4.39 Å². The van der Waals surface area contributed by atoms with Crippen LogP contribution in [0.2, 0.25) is 0 Å². The van der Waals surface area contributed by atoms with Crippen molar-refractivity contribution in [3.05, 3.63) is 35.1 Å². The number of hydrogen-bond donors (Lipinski definition) is 1. The van der Waals surface area contributed by atoms with Gasteiger partial charge >= 0.3 is 0 Å². The summed E-state index contributed by atoms with van der Waals surface area (Å²) >= 11 is 1.71. The summed E-state index contributed by atoms with van der Waals surface area (Å²) in [5.41, 5.74) is 1.99. The minimum Gasteiger partial charge on any atom is -0.260 e. The summed E-state index contributed by atoms with van der Waals surface area (Å²) in [5.74, 6) is 0.968. The minimum atomic E-state index is -0.148. The molecule has 1 nitrogen and oxygen atoms in total. The summed E-state index contributed by atoms with van der Waals surface area (Å²) in [7, 11) is 0. The second-order valence-electron chi connectivity index (χ2n) is 3.66. The molecule has 0 heterocycles. The van der Waals surface area contributed by atoms with Gasteiger partial charge in [-0.1, -0.05) is 31.4 Å². The zero-order valence-corrected chi connectivity index (χ0v) is 10.2. The van der Waals surface area contributed by atoms with E-state index in [4.69, 9.17) is 0 Å². The van der Waals surface area contributed by atoms with Crippen molar-refractivity contribution in [1.29, 1.82) is 0 Å². The number of nitrogens with one attached hydrogen (secondary N) is 1. The van der Waals surface area contributed by atoms with Crippen LogP contribution in [0, 0.1) is 12.7 Å². The molecule has 0 fully saturated rings. The highest BCUT2D eigenvalue weighted by Gasteiger charge is 1.97. The van der Waals surface area contributed by atoms with E-state index in [-0.39, 0.29) is 5.82 Å². The predicted octanol–water partition coefficient (Wildman–Crippen LogP) is 3.67. The monoisotopic (exact) mass is 227 g/mol. The first kappa shape index (κ1) is 12.5. The third-order valence-corrected chi connectivity index (χ3v) is 2.92. The molecule has 0 aliphatic heterocycles. The van der Waals surface area contributed by atoms with Crippen molar-refractivity contribution in [3.63, 3.8) is 0 Å². The number of aryl methyl sites for hydroxylation is 1. The Labute approximate surface area is 95.6 Å². The second kappa shape index (κ2) is 6.85. The van der Waals surface area contributed by atoms with Crippen molar-refractivity contribution in [2.24, 2.45) is 0 Å². The molecule has 1 aromatic rings. The fraction of sp³-hybridized carbons (Fsp3) is 0.500. The maximum Gasteiger partial charge on any atom is 0.123 e. The van der Waals surface area contributed by atoms with Crippen LogP contribution in [0.5, 0.6) is 0 Å². The lowest BCUT2D eigenvalue weighted by atomic mass is 10.1. The molecule has 0 unspecified atom stereocenters. The standard InChI is InChI=1S/C12H18FNS/c1-3-4-5-15-14-9-11-6-10(2)7-12(13)8-11/h6-8,14H,3-5,9H2,1-2H3. The average molecular weight is 227 g/mol. The van der Waals surface area contributed by atoms with E-state index < -0.39 is 0 Å². The molecule has 1 rings (SSSR count). The molecule has 0 saturated heterocycles. The Morgan fingerprint density at radius 3 is 2.80 bits per heavy atom. The first-order valence-corrected chi connectivity index (χ1v) is 6.31. The number of halogens is 1. The van der Waals surface area contributed by atoms with Crippen LogP contribution in [0.1, 0.15) is 30.9 Å². The molecule has 84 valence electrons. The van der Waals surface area contributed by atoms with Crippen molar-refractivity contribution in [1.82, 2.24) is 4.72 Å². The lowest BCUT2D eigenvalue weighted by Crippen LogP contribution is -2.04. The molecule has 0 aromatic heterocycles. The van der Waals surface area contributed by atoms with E-state index in [1.54, 1.807) is 24.1 Å². The molecule has 0 bridgehead atoms. The largest absolute Gasteiger partial charge is 0.260 e. The number of unbranched alkanes of at least 4 members (excludes halogenated alkanes) is 1. The second-order valence-corrected chi connectivity index (χ2v) is 4.65. The highest BCUT2D eigenvalue weighted by atomic mass is 32.2. The van der Waals surface area contributed by atoms with E-state index in [1.807, 2.05) is 13.0 Å². The van der Waals surface area contributed by atoms with Gasteiger partial charge in [-0.25, -0.2) is 4.39 Å². The van der Waals surface area contributed by atoms with Crippen LogP contribution in [-0.4, -0.2) is 5.75 Å². The van der Waals surface area contributed by atoms with E-state index in [0.29, 0.717) is 0 Å². The molecule has 3 heteroatoms. The number of hydrogen-bond acceptors (Lipinski definition) is 2. The van der Waals surface area contributed by atoms with Crippen LogP contribution in [0.15, 0.2) is 18.2 Å². The average Bonchev–Trinajstić information content (AvgIpc) is 2.16. The number of benzene rings is 1. The molecule has 15 heavy (non-hydrogen) atoms.